The zero-order chi connectivity index (χ0) is 25.0. The second-order valence-electron chi connectivity index (χ2n) is 10.3. The quantitative estimate of drug-likeness (QED) is 0.408. The molecule has 3 aromatic rings. The molecule has 186 valence electrons. The number of benzene rings is 3. The molecule has 2 fully saturated rings. The molecule has 0 aromatic heterocycles. The summed E-state index contributed by atoms with van der Waals surface area (Å²) in [4.78, 5) is 12.6. The van der Waals surface area contributed by atoms with Gasteiger partial charge in [-0.2, -0.15) is 0 Å². The van der Waals surface area contributed by atoms with E-state index < -0.39 is 10.0 Å². The molecule has 2 aliphatic heterocycles. The van der Waals surface area contributed by atoms with E-state index in [4.69, 9.17) is 4.74 Å². The summed E-state index contributed by atoms with van der Waals surface area (Å²) in [5, 5.41) is 3.63. The SMILES string of the molecule is Cc1ccc(NS(=O)(=O)c2ccc3c(c2)[C@H]2OCC[C@H]2C(c2ccc(C(=O)C4CC4)cc2)N3)cc1C. The van der Waals surface area contributed by atoms with E-state index in [2.05, 4.69) is 10.0 Å². The van der Waals surface area contributed by atoms with Gasteiger partial charge in [-0.3, -0.25) is 9.52 Å². The summed E-state index contributed by atoms with van der Waals surface area (Å²) in [6, 6.07) is 18.7. The fourth-order valence-corrected chi connectivity index (χ4v) is 6.49. The maximum absolute atomic E-state index is 13.2. The van der Waals surface area contributed by atoms with Crippen LogP contribution in [-0.2, 0) is 14.8 Å². The standard InChI is InChI=1S/C29H30N2O4S/c1-17-3-10-22(15-18(17)2)31-36(33,34)23-11-12-26-25(16-23)29-24(13-14-35-29)27(30-26)19-4-6-20(7-5-19)28(32)21-8-9-21/h3-7,10-12,15-16,21,24,27,29-31H,8-9,13-14H2,1-2H3/t24-,27?,29-/m0/s1. The van der Waals surface area contributed by atoms with Gasteiger partial charge in [0.25, 0.3) is 10.0 Å². The first-order valence-corrected chi connectivity index (χ1v) is 14.0. The van der Waals surface area contributed by atoms with Gasteiger partial charge >= 0.3 is 0 Å². The Balaban J connectivity index is 1.28. The lowest BCUT2D eigenvalue weighted by atomic mass is 9.81. The number of rotatable bonds is 6. The number of hydrogen-bond acceptors (Lipinski definition) is 5. The number of carbonyl (C=O) groups excluding carboxylic acids is 1. The van der Waals surface area contributed by atoms with Gasteiger partial charge < -0.3 is 10.1 Å². The van der Waals surface area contributed by atoms with Crippen LogP contribution in [0.25, 0.3) is 0 Å². The number of aryl methyl sites for hydroxylation is 2. The molecule has 1 saturated heterocycles. The third-order valence-corrected chi connectivity index (χ3v) is 9.16. The van der Waals surface area contributed by atoms with Gasteiger partial charge in [0.1, 0.15) is 0 Å². The van der Waals surface area contributed by atoms with E-state index >= 15 is 0 Å². The van der Waals surface area contributed by atoms with E-state index in [1.807, 2.05) is 56.3 Å². The lowest BCUT2D eigenvalue weighted by molar-refractivity contribution is 0.0827. The summed E-state index contributed by atoms with van der Waals surface area (Å²) >= 11 is 0. The van der Waals surface area contributed by atoms with Crippen LogP contribution in [0.3, 0.4) is 0 Å². The average molecular weight is 503 g/mol. The minimum absolute atomic E-state index is 0.0335. The van der Waals surface area contributed by atoms with Crippen molar-refractivity contribution in [1.29, 1.82) is 0 Å². The number of ketones is 1. The molecule has 2 N–H and O–H groups in total. The van der Waals surface area contributed by atoms with Gasteiger partial charge in [0.05, 0.1) is 17.0 Å². The van der Waals surface area contributed by atoms with Crippen LogP contribution < -0.4 is 10.0 Å². The molecule has 0 bridgehead atoms. The van der Waals surface area contributed by atoms with Crippen molar-refractivity contribution in [3.8, 4) is 0 Å². The Bertz CT molecular complexity index is 1440. The molecule has 0 spiro atoms. The Morgan fingerprint density at radius 1 is 0.944 bits per heavy atom. The Morgan fingerprint density at radius 2 is 1.72 bits per heavy atom. The molecule has 0 amide bonds. The fourth-order valence-electron chi connectivity index (χ4n) is 5.40. The molecule has 2 heterocycles. The fraction of sp³-hybridized carbons (Fsp3) is 0.345. The molecule has 6 nitrogen and oxygen atoms in total. The summed E-state index contributed by atoms with van der Waals surface area (Å²) in [7, 11) is -3.75. The number of carbonyl (C=O) groups is 1. The van der Waals surface area contributed by atoms with Crippen LogP contribution in [0.15, 0.2) is 65.6 Å². The van der Waals surface area contributed by atoms with E-state index in [1.165, 1.54) is 0 Å². The average Bonchev–Trinajstić information content (AvgIpc) is 3.60. The van der Waals surface area contributed by atoms with Gasteiger partial charge in [-0.1, -0.05) is 30.3 Å². The van der Waals surface area contributed by atoms with Gasteiger partial charge in [0.15, 0.2) is 5.78 Å². The van der Waals surface area contributed by atoms with Crippen LogP contribution in [0.4, 0.5) is 11.4 Å². The zero-order valence-electron chi connectivity index (χ0n) is 20.5. The summed E-state index contributed by atoms with van der Waals surface area (Å²) in [6.07, 6.45) is 2.69. The van der Waals surface area contributed by atoms with E-state index in [0.717, 1.165) is 52.8 Å². The second-order valence-corrected chi connectivity index (χ2v) is 12.0. The molecule has 3 aromatic carbocycles. The van der Waals surface area contributed by atoms with Gasteiger partial charge in [-0.15, -0.1) is 0 Å². The molecule has 6 rings (SSSR count). The van der Waals surface area contributed by atoms with Crippen LogP contribution >= 0.6 is 0 Å². The van der Waals surface area contributed by atoms with Crippen LogP contribution in [0.5, 0.6) is 0 Å². The van der Waals surface area contributed by atoms with Gasteiger partial charge in [0.2, 0.25) is 0 Å². The van der Waals surface area contributed by atoms with Crippen molar-refractivity contribution >= 4 is 27.2 Å². The zero-order valence-corrected chi connectivity index (χ0v) is 21.3. The minimum atomic E-state index is -3.75. The van der Waals surface area contributed by atoms with E-state index in [0.29, 0.717) is 12.3 Å². The number of Topliss-reactive ketones (excluding diaryl/α,β-unsaturated/α-hetero) is 1. The largest absolute Gasteiger partial charge is 0.378 e. The minimum Gasteiger partial charge on any atom is -0.378 e. The Kier molecular flexibility index (Phi) is 5.65. The Labute approximate surface area is 212 Å². The Hall–Kier alpha value is -3.16. The lowest BCUT2D eigenvalue weighted by Crippen LogP contribution is -2.29. The molecular formula is C29H30N2O4S. The first-order valence-electron chi connectivity index (χ1n) is 12.6. The molecular weight excluding hydrogens is 472 g/mol. The summed E-state index contributed by atoms with van der Waals surface area (Å²) < 4.78 is 35.3. The number of anilines is 2. The summed E-state index contributed by atoms with van der Waals surface area (Å²) in [5.41, 5.74) is 6.34. The monoisotopic (exact) mass is 502 g/mol. The highest BCUT2D eigenvalue weighted by molar-refractivity contribution is 7.92. The third-order valence-electron chi connectivity index (χ3n) is 7.78. The maximum Gasteiger partial charge on any atom is 0.261 e. The normalized spacial score (nSPS) is 22.9. The van der Waals surface area contributed by atoms with Crippen LogP contribution in [0.2, 0.25) is 0 Å². The third kappa shape index (κ3) is 4.20. The number of ether oxygens (including phenoxy) is 1. The highest BCUT2D eigenvalue weighted by Gasteiger charge is 2.42. The van der Waals surface area contributed by atoms with Gasteiger partial charge in [-0.25, -0.2) is 8.42 Å². The topological polar surface area (TPSA) is 84.5 Å². The van der Waals surface area contributed by atoms with Crippen LogP contribution in [-0.4, -0.2) is 20.8 Å². The van der Waals surface area contributed by atoms with Crippen molar-refractivity contribution in [2.24, 2.45) is 11.8 Å². The van der Waals surface area contributed by atoms with Crippen LogP contribution in [0, 0.1) is 25.7 Å². The van der Waals surface area contributed by atoms with Crippen molar-refractivity contribution in [2.45, 2.75) is 50.2 Å². The van der Waals surface area contributed by atoms with Crippen molar-refractivity contribution < 1.29 is 17.9 Å². The predicted molar refractivity (Wildman–Crippen MR) is 140 cm³/mol. The smallest absolute Gasteiger partial charge is 0.261 e. The molecule has 1 aliphatic carbocycles. The molecule has 1 saturated carbocycles. The predicted octanol–water partition coefficient (Wildman–Crippen LogP) is 5.94. The van der Waals surface area contributed by atoms with Gasteiger partial charge in [-0.05, 0) is 80.1 Å². The van der Waals surface area contributed by atoms with Crippen molar-refractivity contribution in [2.75, 3.05) is 16.6 Å². The number of sulfonamides is 1. The molecule has 0 radical (unpaired) electrons. The number of fused-ring (bicyclic) bond motifs is 3. The molecule has 3 atom stereocenters. The van der Waals surface area contributed by atoms with E-state index in [1.54, 1.807) is 18.2 Å². The van der Waals surface area contributed by atoms with Crippen molar-refractivity contribution in [3.05, 3.63) is 88.5 Å². The van der Waals surface area contributed by atoms with Gasteiger partial charge in [0, 0.05) is 40.9 Å². The second kappa shape index (κ2) is 8.75. The van der Waals surface area contributed by atoms with E-state index in [-0.39, 0.29) is 34.7 Å². The highest BCUT2D eigenvalue weighted by Crippen LogP contribution is 2.50. The van der Waals surface area contributed by atoms with Crippen molar-refractivity contribution in [1.82, 2.24) is 0 Å². The Morgan fingerprint density at radius 3 is 2.44 bits per heavy atom. The summed E-state index contributed by atoms with van der Waals surface area (Å²) in [5.74, 6) is 0.625. The number of nitrogens with one attached hydrogen (secondary N) is 2. The first-order chi connectivity index (χ1) is 17.3. The molecule has 1 unspecified atom stereocenters. The van der Waals surface area contributed by atoms with Crippen LogP contribution in [0.1, 0.15) is 64.0 Å². The molecule has 7 heteroatoms. The summed E-state index contributed by atoms with van der Waals surface area (Å²) in [6.45, 7) is 4.59. The number of hydrogen-bond donors (Lipinski definition) is 2. The molecule has 36 heavy (non-hydrogen) atoms. The van der Waals surface area contributed by atoms with Crippen molar-refractivity contribution in [3.63, 3.8) is 0 Å². The first kappa shape index (κ1) is 23.3. The van der Waals surface area contributed by atoms with E-state index in [9.17, 15) is 13.2 Å². The highest BCUT2D eigenvalue weighted by atomic mass is 32.2. The lowest BCUT2D eigenvalue weighted by Gasteiger charge is -2.36. The maximum atomic E-state index is 13.2. The molecule has 3 aliphatic rings.